The zero-order chi connectivity index (χ0) is 11.5. The first-order chi connectivity index (χ1) is 7.70. The minimum atomic E-state index is -0.375. The van der Waals surface area contributed by atoms with Crippen LogP contribution < -0.4 is 0 Å². The molecule has 4 nitrogen and oxygen atoms in total. The Balaban J connectivity index is 2.39. The number of hydrogen-bond acceptors (Lipinski definition) is 3. The highest BCUT2D eigenvalue weighted by atomic mass is 35.5. The molecule has 0 aliphatic heterocycles. The Hall–Kier alpha value is -1.81. The monoisotopic (exact) mass is 236 g/mol. The predicted octanol–water partition coefficient (Wildman–Crippen LogP) is 2.31. The lowest BCUT2D eigenvalue weighted by Gasteiger charge is -2.03. The Bertz CT molecular complexity index is 522. The number of rotatable bonds is 2. The highest BCUT2D eigenvalue weighted by molar-refractivity contribution is 6.29. The van der Waals surface area contributed by atoms with Crippen LogP contribution in [-0.4, -0.2) is 22.9 Å². The zero-order valence-corrected chi connectivity index (χ0v) is 9.31. The van der Waals surface area contributed by atoms with Gasteiger partial charge in [0.1, 0.15) is 0 Å². The van der Waals surface area contributed by atoms with Crippen LogP contribution in [0.2, 0.25) is 5.15 Å². The topological polar surface area (TPSA) is 44.1 Å². The number of halogens is 1. The fraction of sp³-hybridized carbons (Fsp3) is 0.0909. The molecule has 2 rings (SSSR count). The van der Waals surface area contributed by atoms with Gasteiger partial charge in [0.25, 0.3) is 0 Å². The van der Waals surface area contributed by atoms with E-state index in [-0.39, 0.29) is 5.97 Å². The molecule has 0 atom stereocenters. The van der Waals surface area contributed by atoms with Gasteiger partial charge in [0.2, 0.25) is 0 Å². The van der Waals surface area contributed by atoms with Gasteiger partial charge in [-0.25, -0.2) is 9.48 Å². The highest BCUT2D eigenvalue weighted by Crippen LogP contribution is 2.13. The molecule has 0 saturated carbocycles. The number of carbonyl (C=O) groups is 1. The van der Waals surface area contributed by atoms with Crippen LogP contribution in [0.5, 0.6) is 0 Å². The smallest absolute Gasteiger partial charge is 0.337 e. The van der Waals surface area contributed by atoms with Gasteiger partial charge >= 0.3 is 5.97 Å². The third kappa shape index (κ3) is 2.06. The first-order valence-electron chi connectivity index (χ1n) is 4.60. The molecule has 1 heterocycles. The Labute approximate surface area is 97.4 Å². The molecule has 2 aromatic rings. The molecule has 0 unspecified atom stereocenters. The maximum absolute atomic E-state index is 11.3. The zero-order valence-electron chi connectivity index (χ0n) is 8.55. The van der Waals surface area contributed by atoms with E-state index in [1.165, 1.54) is 7.11 Å². The van der Waals surface area contributed by atoms with Crippen molar-refractivity contribution in [3.63, 3.8) is 0 Å². The molecule has 0 N–H and O–H groups in total. The lowest BCUT2D eigenvalue weighted by Crippen LogP contribution is -2.03. The largest absolute Gasteiger partial charge is 0.465 e. The summed E-state index contributed by atoms with van der Waals surface area (Å²) in [5.41, 5.74) is 1.24. The summed E-state index contributed by atoms with van der Waals surface area (Å²) in [4.78, 5) is 11.3. The fourth-order valence-corrected chi connectivity index (χ4v) is 1.48. The van der Waals surface area contributed by atoms with Crippen molar-refractivity contribution in [2.24, 2.45) is 0 Å². The first kappa shape index (κ1) is 10.7. The van der Waals surface area contributed by atoms with Crippen molar-refractivity contribution in [3.8, 4) is 5.69 Å². The molecule has 1 aromatic heterocycles. The lowest BCUT2D eigenvalue weighted by atomic mass is 10.2. The lowest BCUT2D eigenvalue weighted by molar-refractivity contribution is 0.0600. The molecule has 0 fully saturated rings. The SMILES string of the molecule is COC(=O)c1cccc(-n2ccc(Cl)n2)c1. The van der Waals surface area contributed by atoms with Crippen molar-refractivity contribution in [2.45, 2.75) is 0 Å². The summed E-state index contributed by atoms with van der Waals surface area (Å²) < 4.78 is 6.23. The minimum absolute atomic E-state index is 0.375. The number of carbonyl (C=O) groups excluding carboxylic acids is 1. The maximum atomic E-state index is 11.3. The minimum Gasteiger partial charge on any atom is -0.465 e. The summed E-state index contributed by atoms with van der Waals surface area (Å²) in [5.74, 6) is -0.375. The van der Waals surface area contributed by atoms with Gasteiger partial charge in [-0.2, -0.15) is 5.10 Å². The van der Waals surface area contributed by atoms with E-state index in [1.54, 1.807) is 35.1 Å². The first-order valence-corrected chi connectivity index (χ1v) is 4.98. The number of benzene rings is 1. The molecular weight excluding hydrogens is 228 g/mol. The standard InChI is InChI=1S/C11H9ClN2O2/c1-16-11(15)8-3-2-4-9(7-8)14-6-5-10(12)13-14/h2-7H,1H3. The summed E-state index contributed by atoms with van der Waals surface area (Å²) in [6.45, 7) is 0. The normalized spacial score (nSPS) is 10.1. The number of ether oxygens (including phenoxy) is 1. The Kier molecular flexibility index (Phi) is 2.92. The molecule has 0 bridgehead atoms. The number of hydrogen-bond donors (Lipinski definition) is 0. The molecule has 82 valence electrons. The van der Waals surface area contributed by atoms with E-state index in [0.717, 1.165) is 5.69 Å². The van der Waals surface area contributed by atoms with E-state index in [1.807, 2.05) is 6.07 Å². The van der Waals surface area contributed by atoms with E-state index in [0.29, 0.717) is 10.7 Å². The van der Waals surface area contributed by atoms with Crippen molar-refractivity contribution < 1.29 is 9.53 Å². The molecule has 5 heteroatoms. The van der Waals surface area contributed by atoms with Crippen molar-refractivity contribution in [3.05, 3.63) is 47.2 Å². The van der Waals surface area contributed by atoms with Gasteiger partial charge in [0.15, 0.2) is 5.15 Å². The summed E-state index contributed by atoms with van der Waals surface area (Å²) in [6, 6.07) is 8.63. The molecular formula is C11H9ClN2O2. The van der Waals surface area contributed by atoms with Crippen LogP contribution in [0.15, 0.2) is 36.5 Å². The van der Waals surface area contributed by atoms with Gasteiger partial charge in [-0.15, -0.1) is 0 Å². The van der Waals surface area contributed by atoms with E-state index in [2.05, 4.69) is 9.84 Å². The Morgan fingerprint density at radius 3 is 2.88 bits per heavy atom. The van der Waals surface area contributed by atoms with Crippen LogP contribution in [0.25, 0.3) is 5.69 Å². The van der Waals surface area contributed by atoms with E-state index >= 15 is 0 Å². The van der Waals surface area contributed by atoms with Crippen LogP contribution in [0.3, 0.4) is 0 Å². The van der Waals surface area contributed by atoms with Crippen LogP contribution in [-0.2, 0) is 4.74 Å². The molecule has 0 aliphatic rings. The van der Waals surface area contributed by atoms with Gasteiger partial charge in [-0.05, 0) is 24.3 Å². The second-order valence-corrected chi connectivity index (χ2v) is 3.51. The second-order valence-electron chi connectivity index (χ2n) is 3.12. The molecule has 16 heavy (non-hydrogen) atoms. The van der Waals surface area contributed by atoms with Gasteiger partial charge in [0, 0.05) is 6.20 Å². The molecule has 0 spiro atoms. The van der Waals surface area contributed by atoms with Crippen molar-refractivity contribution in [1.29, 1.82) is 0 Å². The molecule has 0 saturated heterocycles. The van der Waals surface area contributed by atoms with Crippen molar-refractivity contribution in [1.82, 2.24) is 9.78 Å². The molecule has 1 aromatic carbocycles. The van der Waals surface area contributed by atoms with Gasteiger partial charge < -0.3 is 4.74 Å². The average molecular weight is 237 g/mol. The third-order valence-corrected chi connectivity index (χ3v) is 2.29. The number of esters is 1. The van der Waals surface area contributed by atoms with E-state index < -0.39 is 0 Å². The third-order valence-electron chi connectivity index (χ3n) is 2.09. The maximum Gasteiger partial charge on any atom is 0.337 e. The second kappa shape index (κ2) is 4.37. The fourth-order valence-electron chi connectivity index (χ4n) is 1.34. The quantitative estimate of drug-likeness (QED) is 0.752. The van der Waals surface area contributed by atoms with Crippen molar-refractivity contribution in [2.75, 3.05) is 7.11 Å². The Morgan fingerprint density at radius 2 is 2.25 bits per heavy atom. The Morgan fingerprint density at radius 1 is 1.44 bits per heavy atom. The van der Waals surface area contributed by atoms with Crippen LogP contribution >= 0.6 is 11.6 Å². The highest BCUT2D eigenvalue weighted by Gasteiger charge is 2.06. The van der Waals surface area contributed by atoms with Gasteiger partial charge in [-0.3, -0.25) is 0 Å². The number of nitrogens with zero attached hydrogens (tertiary/aromatic N) is 2. The summed E-state index contributed by atoms with van der Waals surface area (Å²) in [7, 11) is 1.35. The van der Waals surface area contributed by atoms with Crippen LogP contribution in [0.1, 0.15) is 10.4 Å². The summed E-state index contributed by atoms with van der Waals surface area (Å²) in [6.07, 6.45) is 1.72. The summed E-state index contributed by atoms with van der Waals surface area (Å²) in [5, 5.41) is 4.44. The molecule has 0 aliphatic carbocycles. The average Bonchev–Trinajstić information content (AvgIpc) is 2.75. The van der Waals surface area contributed by atoms with Crippen molar-refractivity contribution >= 4 is 17.6 Å². The van der Waals surface area contributed by atoms with Gasteiger partial charge in [0.05, 0.1) is 18.4 Å². The number of aromatic nitrogens is 2. The molecule has 0 radical (unpaired) electrons. The number of methoxy groups -OCH3 is 1. The van der Waals surface area contributed by atoms with E-state index in [9.17, 15) is 4.79 Å². The summed E-state index contributed by atoms with van der Waals surface area (Å²) >= 11 is 5.72. The molecule has 0 amide bonds. The van der Waals surface area contributed by atoms with E-state index in [4.69, 9.17) is 11.6 Å². The predicted molar refractivity (Wildman–Crippen MR) is 59.9 cm³/mol. The van der Waals surface area contributed by atoms with Crippen LogP contribution in [0, 0.1) is 0 Å². The van der Waals surface area contributed by atoms with Crippen LogP contribution in [0.4, 0.5) is 0 Å². The van der Waals surface area contributed by atoms with Gasteiger partial charge in [-0.1, -0.05) is 17.7 Å².